The van der Waals surface area contributed by atoms with Gasteiger partial charge in [0.1, 0.15) is 19.8 Å². The molecule has 2 N–H and O–H groups in total. The highest BCUT2D eigenvalue weighted by atomic mass is 16.8. The quantitative estimate of drug-likeness (QED) is 0.522. The maximum atomic E-state index is 9.43. The lowest BCUT2D eigenvalue weighted by atomic mass is 10.2. The smallest absolute Gasteiger partial charge is 0.218 e. The number of rotatable bonds is 1. The number of hydrogen-bond acceptors (Lipinski definition) is 6. The minimum absolute atomic E-state index is 0.0596. The molecule has 0 bridgehead atoms. The summed E-state index contributed by atoms with van der Waals surface area (Å²) in [7, 11) is 0. The Morgan fingerprint density at radius 2 is 1.92 bits per heavy atom. The standard InChI is InChI=1S/C7H12O6/c8-1-6(9)2-12-7(4-11-6)3-10-5-13-7/h8-9H,1-5H2. The fourth-order valence-corrected chi connectivity index (χ4v) is 1.22. The van der Waals surface area contributed by atoms with Crippen LogP contribution in [0.1, 0.15) is 0 Å². The van der Waals surface area contributed by atoms with Crippen molar-refractivity contribution < 1.29 is 29.2 Å². The van der Waals surface area contributed by atoms with Crippen LogP contribution in [0.4, 0.5) is 0 Å². The Labute approximate surface area is 75.0 Å². The van der Waals surface area contributed by atoms with Gasteiger partial charge in [0.15, 0.2) is 6.79 Å². The monoisotopic (exact) mass is 192 g/mol. The summed E-state index contributed by atoms with van der Waals surface area (Å²) in [5.41, 5.74) is 0. The predicted octanol–water partition coefficient (Wildman–Crippen LogP) is -1.59. The molecule has 2 aliphatic rings. The van der Waals surface area contributed by atoms with Crippen molar-refractivity contribution in [1.29, 1.82) is 0 Å². The lowest BCUT2D eigenvalue weighted by molar-refractivity contribution is -0.368. The molecule has 1 spiro atoms. The van der Waals surface area contributed by atoms with Crippen LogP contribution in [0, 0.1) is 0 Å². The summed E-state index contributed by atoms with van der Waals surface area (Å²) in [5.74, 6) is -2.49. The molecule has 0 aliphatic carbocycles. The van der Waals surface area contributed by atoms with Crippen LogP contribution in [-0.2, 0) is 18.9 Å². The number of aliphatic hydroxyl groups is 2. The highest BCUT2D eigenvalue weighted by molar-refractivity contribution is 4.80. The summed E-state index contributed by atoms with van der Waals surface area (Å²) in [4.78, 5) is 0. The average molecular weight is 192 g/mol. The molecule has 2 fully saturated rings. The van der Waals surface area contributed by atoms with Crippen LogP contribution in [0.15, 0.2) is 0 Å². The lowest BCUT2D eigenvalue weighted by Gasteiger charge is -2.39. The summed E-state index contributed by atoms with van der Waals surface area (Å²) in [6.45, 7) is -0.101. The molecule has 0 aromatic carbocycles. The Kier molecular flexibility index (Phi) is 2.26. The first-order valence-electron chi connectivity index (χ1n) is 4.01. The normalized spacial score (nSPS) is 45.7. The Bertz CT molecular complexity index is 177. The number of hydrogen-bond donors (Lipinski definition) is 2. The van der Waals surface area contributed by atoms with Crippen LogP contribution in [-0.4, -0.2) is 55.0 Å². The van der Waals surface area contributed by atoms with Crippen LogP contribution < -0.4 is 0 Å². The summed E-state index contributed by atoms with van der Waals surface area (Å²) in [5, 5.41) is 18.2. The fourth-order valence-electron chi connectivity index (χ4n) is 1.22. The van der Waals surface area contributed by atoms with Crippen molar-refractivity contribution in [2.24, 2.45) is 0 Å². The van der Waals surface area contributed by atoms with E-state index in [1.165, 1.54) is 0 Å². The lowest BCUT2D eigenvalue weighted by Crippen LogP contribution is -2.56. The maximum Gasteiger partial charge on any atom is 0.218 e. The molecule has 0 aromatic rings. The molecule has 0 saturated carbocycles. The second-order valence-electron chi connectivity index (χ2n) is 3.20. The minimum atomic E-state index is -1.60. The zero-order valence-corrected chi connectivity index (χ0v) is 7.06. The molecule has 2 unspecified atom stereocenters. The van der Waals surface area contributed by atoms with E-state index < -0.39 is 18.2 Å². The molecule has 76 valence electrons. The Balaban J connectivity index is 1.95. The molecule has 2 heterocycles. The van der Waals surface area contributed by atoms with Gasteiger partial charge in [-0.05, 0) is 0 Å². The minimum Gasteiger partial charge on any atom is -0.391 e. The highest BCUT2D eigenvalue weighted by Gasteiger charge is 2.47. The molecule has 0 amide bonds. The third kappa shape index (κ3) is 1.69. The summed E-state index contributed by atoms with van der Waals surface area (Å²) < 4.78 is 20.4. The van der Waals surface area contributed by atoms with Crippen LogP contribution in [0.2, 0.25) is 0 Å². The van der Waals surface area contributed by atoms with Gasteiger partial charge in [-0.15, -0.1) is 0 Å². The zero-order chi connectivity index (χ0) is 9.36. The van der Waals surface area contributed by atoms with Crippen molar-refractivity contribution in [2.45, 2.75) is 11.6 Å². The van der Waals surface area contributed by atoms with Gasteiger partial charge in [-0.1, -0.05) is 0 Å². The van der Waals surface area contributed by atoms with E-state index in [0.717, 1.165) is 0 Å². The van der Waals surface area contributed by atoms with Crippen LogP contribution in [0.25, 0.3) is 0 Å². The van der Waals surface area contributed by atoms with Gasteiger partial charge >= 0.3 is 0 Å². The molecule has 2 aliphatic heterocycles. The maximum absolute atomic E-state index is 9.43. The fraction of sp³-hybridized carbons (Fsp3) is 1.00. The predicted molar refractivity (Wildman–Crippen MR) is 38.6 cm³/mol. The molecule has 6 heteroatoms. The van der Waals surface area contributed by atoms with Crippen molar-refractivity contribution in [3.05, 3.63) is 0 Å². The van der Waals surface area contributed by atoms with E-state index in [0.29, 0.717) is 0 Å². The van der Waals surface area contributed by atoms with E-state index in [2.05, 4.69) is 0 Å². The molecule has 2 saturated heterocycles. The third-order valence-electron chi connectivity index (χ3n) is 2.10. The van der Waals surface area contributed by atoms with Gasteiger partial charge in [0.25, 0.3) is 0 Å². The topological polar surface area (TPSA) is 77.4 Å². The largest absolute Gasteiger partial charge is 0.391 e. The Morgan fingerprint density at radius 1 is 1.08 bits per heavy atom. The molecule has 13 heavy (non-hydrogen) atoms. The van der Waals surface area contributed by atoms with Gasteiger partial charge in [-0.25, -0.2) is 0 Å². The van der Waals surface area contributed by atoms with E-state index >= 15 is 0 Å². The third-order valence-corrected chi connectivity index (χ3v) is 2.10. The zero-order valence-electron chi connectivity index (χ0n) is 7.06. The van der Waals surface area contributed by atoms with Crippen LogP contribution in [0.3, 0.4) is 0 Å². The van der Waals surface area contributed by atoms with Crippen molar-refractivity contribution in [3.63, 3.8) is 0 Å². The van der Waals surface area contributed by atoms with Crippen LogP contribution >= 0.6 is 0 Å². The summed E-state index contributed by atoms with van der Waals surface area (Å²) in [6.07, 6.45) is 0. The first kappa shape index (κ1) is 9.32. The summed E-state index contributed by atoms with van der Waals surface area (Å²) >= 11 is 0. The van der Waals surface area contributed by atoms with Gasteiger partial charge < -0.3 is 29.2 Å². The van der Waals surface area contributed by atoms with E-state index in [-0.39, 0.29) is 26.6 Å². The molecule has 2 rings (SSSR count). The van der Waals surface area contributed by atoms with Crippen molar-refractivity contribution >= 4 is 0 Å². The molecule has 6 nitrogen and oxygen atoms in total. The number of ether oxygens (including phenoxy) is 4. The van der Waals surface area contributed by atoms with Gasteiger partial charge in [-0.3, -0.25) is 0 Å². The SMILES string of the molecule is OCC1(O)COC2(COCO2)CO1. The van der Waals surface area contributed by atoms with E-state index in [1.54, 1.807) is 0 Å². The molecular weight excluding hydrogens is 180 g/mol. The average Bonchev–Trinajstić information content (AvgIpc) is 2.61. The van der Waals surface area contributed by atoms with Crippen molar-refractivity contribution in [2.75, 3.05) is 33.2 Å². The first-order valence-corrected chi connectivity index (χ1v) is 4.01. The Hall–Kier alpha value is -0.240. The van der Waals surface area contributed by atoms with Crippen molar-refractivity contribution in [1.82, 2.24) is 0 Å². The molecular formula is C7H12O6. The van der Waals surface area contributed by atoms with Gasteiger partial charge in [0.05, 0.1) is 6.61 Å². The van der Waals surface area contributed by atoms with E-state index in [9.17, 15) is 5.11 Å². The van der Waals surface area contributed by atoms with Gasteiger partial charge in [0, 0.05) is 0 Å². The second-order valence-corrected chi connectivity index (χ2v) is 3.20. The van der Waals surface area contributed by atoms with Crippen molar-refractivity contribution in [3.8, 4) is 0 Å². The second kappa shape index (κ2) is 3.16. The van der Waals surface area contributed by atoms with Crippen LogP contribution in [0.5, 0.6) is 0 Å². The number of aliphatic hydroxyl groups excluding tert-OH is 1. The first-order chi connectivity index (χ1) is 6.18. The highest BCUT2D eigenvalue weighted by Crippen LogP contribution is 2.28. The summed E-state index contributed by atoms with van der Waals surface area (Å²) in [6, 6.07) is 0. The van der Waals surface area contributed by atoms with Gasteiger partial charge in [0.2, 0.25) is 11.6 Å². The molecule has 2 atom stereocenters. The van der Waals surface area contributed by atoms with E-state index in [1.807, 2.05) is 0 Å². The molecule has 0 radical (unpaired) electrons. The van der Waals surface area contributed by atoms with E-state index in [4.69, 9.17) is 24.1 Å². The Morgan fingerprint density at radius 3 is 2.38 bits per heavy atom. The van der Waals surface area contributed by atoms with Gasteiger partial charge in [-0.2, -0.15) is 0 Å². The molecule has 0 aromatic heterocycles.